The molecule has 0 aromatic heterocycles. The van der Waals surface area contributed by atoms with Crippen LogP contribution in [-0.4, -0.2) is 30.5 Å². The summed E-state index contributed by atoms with van der Waals surface area (Å²) in [6.07, 6.45) is 1.72. The van der Waals surface area contributed by atoms with Gasteiger partial charge in [-0.25, -0.2) is 0 Å². The van der Waals surface area contributed by atoms with Gasteiger partial charge in [-0.2, -0.15) is 0 Å². The van der Waals surface area contributed by atoms with E-state index in [9.17, 15) is 5.11 Å². The summed E-state index contributed by atoms with van der Waals surface area (Å²) in [6.45, 7) is 5.71. The van der Waals surface area contributed by atoms with Gasteiger partial charge in [0.25, 0.3) is 0 Å². The van der Waals surface area contributed by atoms with Gasteiger partial charge >= 0.3 is 0 Å². The van der Waals surface area contributed by atoms with Gasteiger partial charge in [-0.3, -0.25) is 4.90 Å². The third kappa shape index (κ3) is 3.81. The first-order valence-electron chi connectivity index (χ1n) is 7.78. The number of hydrogen-bond donors (Lipinski definition) is 1. The zero-order chi connectivity index (χ0) is 16.9. The van der Waals surface area contributed by atoms with Crippen LogP contribution >= 0.6 is 0 Å². The maximum absolute atomic E-state index is 10.1. The van der Waals surface area contributed by atoms with E-state index in [1.54, 1.807) is 12.1 Å². The number of fused-ring (bicyclic) bond motifs is 1. The van der Waals surface area contributed by atoms with Crippen LogP contribution in [0.25, 0.3) is 0 Å². The molecule has 0 radical (unpaired) electrons. The average Bonchev–Trinajstić information content (AvgIpc) is 3.01. The topological polar surface area (TPSA) is 51.2 Å². The van der Waals surface area contributed by atoms with Crippen LogP contribution in [0.4, 0.5) is 0 Å². The molecule has 1 aliphatic rings. The molecule has 126 valence electrons. The van der Waals surface area contributed by atoms with E-state index in [1.165, 1.54) is 5.56 Å². The summed E-state index contributed by atoms with van der Waals surface area (Å²) in [7, 11) is 2.01. The van der Waals surface area contributed by atoms with Crippen molar-refractivity contribution in [2.24, 2.45) is 0 Å². The van der Waals surface area contributed by atoms with E-state index in [2.05, 4.69) is 11.5 Å². The fourth-order valence-electron chi connectivity index (χ4n) is 2.60. The minimum atomic E-state index is 0.203. The summed E-state index contributed by atoms with van der Waals surface area (Å²) >= 11 is 0. The summed E-state index contributed by atoms with van der Waals surface area (Å²) in [5, 5.41) is 10.1. The lowest BCUT2D eigenvalue weighted by Crippen LogP contribution is -2.17. The fraction of sp³-hybridized carbons (Fsp3) is 0.263. The predicted octanol–water partition coefficient (Wildman–Crippen LogP) is 3.32. The van der Waals surface area contributed by atoms with Crippen molar-refractivity contribution >= 4 is 0 Å². The van der Waals surface area contributed by atoms with E-state index in [-0.39, 0.29) is 12.5 Å². The molecule has 1 aliphatic heterocycles. The summed E-state index contributed by atoms with van der Waals surface area (Å²) < 4.78 is 16.1. The van der Waals surface area contributed by atoms with E-state index in [0.717, 1.165) is 17.9 Å². The molecule has 0 unspecified atom stereocenters. The smallest absolute Gasteiger partial charge is 0.231 e. The second-order valence-electron chi connectivity index (χ2n) is 5.75. The molecule has 1 heterocycles. The number of nitrogens with zero attached hydrogens (tertiary/aromatic N) is 1. The van der Waals surface area contributed by atoms with Crippen molar-refractivity contribution in [1.82, 2.24) is 4.90 Å². The molecule has 0 aliphatic carbocycles. The van der Waals surface area contributed by atoms with Crippen LogP contribution in [0.3, 0.4) is 0 Å². The Morgan fingerprint density at radius 2 is 1.88 bits per heavy atom. The van der Waals surface area contributed by atoms with Gasteiger partial charge < -0.3 is 19.3 Å². The highest BCUT2D eigenvalue weighted by atomic mass is 16.7. The number of phenolic OH excluding ortho intramolecular Hbond substituents is 1. The van der Waals surface area contributed by atoms with Crippen molar-refractivity contribution in [1.29, 1.82) is 0 Å². The average molecular weight is 327 g/mol. The van der Waals surface area contributed by atoms with E-state index < -0.39 is 0 Å². The number of benzene rings is 2. The number of aromatic hydroxyl groups is 1. The molecule has 0 amide bonds. The monoisotopic (exact) mass is 327 g/mol. The molecular formula is C19H21NO4. The largest absolute Gasteiger partial charge is 0.507 e. The number of rotatable bonds is 7. The molecule has 0 bridgehead atoms. The predicted molar refractivity (Wildman–Crippen MR) is 91.5 cm³/mol. The van der Waals surface area contributed by atoms with Crippen LogP contribution in [-0.2, 0) is 13.1 Å². The molecule has 24 heavy (non-hydrogen) atoms. The lowest BCUT2D eigenvalue weighted by atomic mass is 10.1. The van der Waals surface area contributed by atoms with Gasteiger partial charge in [0.1, 0.15) is 18.1 Å². The molecule has 1 N–H and O–H groups in total. The number of hydrogen-bond acceptors (Lipinski definition) is 5. The standard InChI is InChI=1S/C19H21NO4/c1-3-8-22-16-6-4-14(5-7-16)11-20(2)12-15-9-18-19(10-17(15)21)24-13-23-18/h3-7,9-10,21H,1,8,11-13H2,2H3. The quantitative estimate of drug-likeness (QED) is 0.791. The Balaban J connectivity index is 1.61. The van der Waals surface area contributed by atoms with Gasteiger partial charge in [-0.1, -0.05) is 24.8 Å². The third-order valence-electron chi connectivity index (χ3n) is 3.76. The minimum absolute atomic E-state index is 0.203. The molecular weight excluding hydrogens is 306 g/mol. The minimum Gasteiger partial charge on any atom is -0.507 e. The zero-order valence-electron chi connectivity index (χ0n) is 13.7. The van der Waals surface area contributed by atoms with Crippen LogP contribution in [0.1, 0.15) is 11.1 Å². The lowest BCUT2D eigenvalue weighted by Gasteiger charge is -2.18. The Bertz CT molecular complexity index is 712. The molecule has 0 spiro atoms. The molecule has 5 heteroatoms. The maximum atomic E-state index is 10.1. The first kappa shape index (κ1) is 16.2. The Hall–Kier alpha value is -2.66. The van der Waals surface area contributed by atoms with E-state index in [4.69, 9.17) is 14.2 Å². The first-order valence-corrected chi connectivity index (χ1v) is 7.78. The highest BCUT2D eigenvalue weighted by molar-refractivity contribution is 5.51. The van der Waals surface area contributed by atoms with Gasteiger partial charge in [0.2, 0.25) is 6.79 Å². The van der Waals surface area contributed by atoms with Gasteiger partial charge in [0, 0.05) is 24.7 Å². The Labute approximate surface area is 141 Å². The summed E-state index contributed by atoms with van der Waals surface area (Å²) in [4.78, 5) is 2.12. The van der Waals surface area contributed by atoms with Crippen LogP contribution in [0, 0.1) is 0 Å². The van der Waals surface area contributed by atoms with Crippen LogP contribution in [0.5, 0.6) is 23.0 Å². The molecule has 3 rings (SSSR count). The first-order chi connectivity index (χ1) is 11.7. The molecule has 0 saturated carbocycles. The van der Waals surface area contributed by atoms with Crippen molar-refractivity contribution < 1.29 is 19.3 Å². The van der Waals surface area contributed by atoms with Gasteiger partial charge in [-0.15, -0.1) is 0 Å². The molecule has 5 nitrogen and oxygen atoms in total. The van der Waals surface area contributed by atoms with Gasteiger partial charge in [0.05, 0.1) is 0 Å². The lowest BCUT2D eigenvalue weighted by molar-refractivity contribution is 0.174. The Morgan fingerprint density at radius 3 is 2.58 bits per heavy atom. The van der Waals surface area contributed by atoms with Crippen molar-refractivity contribution in [3.05, 3.63) is 60.2 Å². The number of ether oxygens (including phenoxy) is 3. The molecule has 0 saturated heterocycles. The molecule has 0 atom stereocenters. The van der Waals surface area contributed by atoms with Crippen LogP contribution in [0.15, 0.2) is 49.1 Å². The Kier molecular flexibility index (Phi) is 4.91. The second kappa shape index (κ2) is 7.27. The molecule has 2 aromatic carbocycles. The fourth-order valence-corrected chi connectivity index (χ4v) is 2.60. The van der Waals surface area contributed by atoms with Crippen molar-refractivity contribution in [2.45, 2.75) is 13.1 Å². The highest BCUT2D eigenvalue weighted by Crippen LogP contribution is 2.38. The second-order valence-corrected chi connectivity index (χ2v) is 5.75. The van der Waals surface area contributed by atoms with Crippen LogP contribution < -0.4 is 14.2 Å². The van der Waals surface area contributed by atoms with E-state index in [1.807, 2.05) is 37.4 Å². The third-order valence-corrected chi connectivity index (χ3v) is 3.76. The molecule has 0 fully saturated rings. The van der Waals surface area contributed by atoms with Crippen molar-refractivity contribution in [2.75, 3.05) is 20.4 Å². The zero-order valence-corrected chi connectivity index (χ0v) is 13.7. The summed E-state index contributed by atoms with van der Waals surface area (Å²) in [6, 6.07) is 11.4. The highest BCUT2D eigenvalue weighted by Gasteiger charge is 2.17. The number of phenols is 1. The van der Waals surface area contributed by atoms with Gasteiger partial charge in [0.15, 0.2) is 11.5 Å². The van der Waals surface area contributed by atoms with Crippen molar-refractivity contribution in [3.63, 3.8) is 0 Å². The van der Waals surface area contributed by atoms with E-state index in [0.29, 0.717) is 24.7 Å². The SMILES string of the molecule is C=CCOc1ccc(CN(C)Cc2cc3c(cc2O)OCO3)cc1. The normalized spacial score (nSPS) is 12.4. The van der Waals surface area contributed by atoms with Gasteiger partial charge in [-0.05, 0) is 30.8 Å². The van der Waals surface area contributed by atoms with E-state index >= 15 is 0 Å². The summed E-state index contributed by atoms with van der Waals surface area (Å²) in [5.74, 6) is 2.32. The van der Waals surface area contributed by atoms with Crippen molar-refractivity contribution in [3.8, 4) is 23.0 Å². The van der Waals surface area contributed by atoms with Crippen LogP contribution in [0.2, 0.25) is 0 Å². The molecule has 2 aromatic rings. The maximum Gasteiger partial charge on any atom is 0.231 e. The Morgan fingerprint density at radius 1 is 1.17 bits per heavy atom. The summed E-state index contributed by atoms with van der Waals surface area (Å²) in [5.41, 5.74) is 1.98.